The minimum atomic E-state index is -1.41. The van der Waals surface area contributed by atoms with Crippen LogP contribution in [0.15, 0.2) is 60.7 Å². The molecule has 0 aliphatic rings. The van der Waals surface area contributed by atoms with Gasteiger partial charge in [0.2, 0.25) is 0 Å². The molecule has 0 bridgehead atoms. The van der Waals surface area contributed by atoms with Gasteiger partial charge < -0.3 is 9.90 Å². The van der Waals surface area contributed by atoms with Crippen LogP contribution in [0.3, 0.4) is 0 Å². The Bertz CT molecular complexity index is 887. The third-order valence-corrected chi connectivity index (χ3v) is 3.27. The molecular weight excluding hydrogens is 298 g/mol. The first-order chi connectivity index (χ1) is 11.1. The van der Waals surface area contributed by atoms with Crippen molar-refractivity contribution in [1.82, 2.24) is 9.78 Å². The number of nitrogens with zero attached hydrogens (tertiary/aromatic N) is 3. The number of carbonyl (C=O) groups excluding carboxylic acids is 1. The molecule has 0 unspecified atom stereocenters. The molecule has 23 heavy (non-hydrogen) atoms. The van der Waals surface area contributed by atoms with E-state index in [1.165, 1.54) is 24.3 Å². The number of carboxylic acids is 1. The number of carboxylic acid groups (broad SMARTS) is 1. The topological polar surface area (TPSA) is 101 Å². The van der Waals surface area contributed by atoms with Crippen LogP contribution < -0.4 is 5.11 Å². The van der Waals surface area contributed by atoms with Crippen molar-refractivity contribution < 1.29 is 14.8 Å². The van der Waals surface area contributed by atoms with Gasteiger partial charge in [-0.15, -0.1) is 0 Å². The van der Waals surface area contributed by atoms with Crippen LogP contribution in [0.2, 0.25) is 0 Å². The molecule has 0 N–H and O–H groups in total. The first-order valence-corrected chi connectivity index (χ1v) is 6.68. The Morgan fingerprint density at radius 3 is 2.43 bits per heavy atom. The van der Waals surface area contributed by atoms with E-state index in [1.807, 2.05) is 6.07 Å². The second kappa shape index (κ2) is 5.72. The highest BCUT2D eigenvalue weighted by molar-refractivity contribution is 5.86. The molecule has 0 atom stereocenters. The van der Waals surface area contributed by atoms with E-state index in [9.17, 15) is 20.0 Å². The van der Waals surface area contributed by atoms with Gasteiger partial charge in [0.25, 0.3) is 5.69 Å². The van der Waals surface area contributed by atoms with Gasteiger partial charge in [0, 0.05) is 17.7 Å². The molecule has 0 fully saturated rings. The Kier molecular flexibility index (Phi) is 3.60. The Labute approximate surface area is 130 Å². The van der Waals surface area contributed by atoms with Gasteiger partial charge >= 0.3 is 0 Å². The monoisotopic (exact) mass is 308 g/mol. The lowest BCUT2D eigenvalue weighted by Crippen LogP contribution is -2.25. The van der Waals surface area contributed by atoms with Crippen LogP contribution in [0, 0.1) is 10.1 Å². The largest absolute Gasteiger partial charge is 0.543 e. The maximum atomic E-state index is 11.4. The summed E-state index contributed by atoms with van der Waals surface area (Å²) < 4.78 is 1.13. The molecule has 114 valence electrons. The SMILES string of the molecule is O=C([O-])c1cc(-c2ccccc2)nn1-c1cccc([N+](=O)[O-])c1. The van der Waals surface area contributed by atoms with Crippen LogP contribution in [0.5, 0.6) is 0 Å². The molecule has 0 aliphatic heterocycles. The number of rotatable bonds is 4. The molecule has 2 aromatic carbocycles. The maximum Gasteiger partial charge on any atom is 0.271 e. The molecule has 0 aliphatic carbocycles. The number of non-ortho nitro benzene ring substituents is 1. The van der Waals surface area contributed by atoms with Gasteiger partial charge in [-0.3, -0.25) is 10.1 Å². The smallest absolute Gasteiger partial charge is 0.271 e. The summed E-state index contributed by atoms with van der Waals surface area (Å²) in [5, 5.41) is 26.5. The maximum absolute atomic E-state index is 11.4. The van der Waals surface area contributed by atoms with Gasteiger partial charge in [-0.1, -0.05) is 36.4 Å². The Morgan fingerprint density at radius 2 is 1.78 bits per heavy atom. The molecule has 1 heterocycles. The summed E-state index contributed by atoms with van der Waals surface area (Å²) in [4.78, 5) is 21.7. The third-order valence-electron chi connectivity index (χ3n) is 3.27. The van der Waals surface area contributed by atoms with Gasteiger partial charge in [-0.25, -0.2) is 4.68 Å². The first kappa shape index (κ1) is 14.5. The fraction of sp³-hybridized carbons (Fsp3) is 0. The predicted octanol–water partition coefficient (Wildman–Crippen LogP) is 1.81. The zero-order valence-corrected chi connectivity index (χ0v) is 11.7. The highest BCUT2D eigenvalue weighted by atomic mass is 16.6. The van der Waals surface area contributed by atoms with Crippen LogP contribution in [0.25, 0.3) is 16.9 Å². The molecular formula is C16H10N3O4-. The molecule has 0 spiro atoms. The summed E-state index contributed by atoms with van der Waals surface area (Å²) in [6, 6.07) is 16.0. The number of nitro groups is 1. The Hall–Kier alpha value is -3.48. The van der Waals surface area contributed by atoms with E-state index in [0.29, 0.717) is 5.69 Å². The molecule has 0 radical (unpaired) electrons. The van der Waals surface area contributed by atoms with Crippen molar-refractivity contribution in [3.8, 4) is 16.9 Å². The van der Waals surface area contributed by atoms with Crippen molar-refractivity contribution in [2.24, 2.45) is 0 Å². The molecule has 7 nitrogen and oxygen atoms in total. The summed E-state index contributed by atoms with van der Waals surface area (Å²) in [6.45, 7) is 0. The van der Waals surface area contributed by atoms with E-state index in [1.54, 1.807) is 30.3 Å². The molecule has 0 saturated heterocycles. The van der Waals surface area contributed by atoms with E-state index in [-0.39, 0.29) is 17.1 Å². The van der Waals surface area contributed by atoms with Crippen molar-refractivity contribution in [2.75, 3.05) is 0 Å². The molecule has 1 aromatic heterocycles. The van der Waals surface area contributed by atoms with Crippen molar-refractivity contribution >= 4 is 11.7 Å². The minimum Gasteiger partial charge on any atom is -0.543 e. The normalized spacial score (nSPS) is 10.4. The quantitative estimate of drug-likeness (QED) is 0.540. The van der Waals surface area contributed by atoms with E-state index in [0.717, 1.165) is 10.2 Å². The van der Waals surface area contributed by atoms with E-state index in [2.05, 4.69) is 5.10 Å². The average molecular weight is 308 g/mol. The second-order valence-corrected chi connectivity index (χ2v) is 4.76. The number of hydrogen-bond donors (Lipinski definition) is 0. The lowest BCUT2D eigenvalue weighted by atomic mass is 10.1. The van der Waals surface area contributed by atoms with Crippen molar-refractivity contribution in [1.29, 1.82) is 0 Å². The third kappa shape index (κ3) is 2.80. The molecule has 0 amide bonds. The fourth-order valence-electron chi connectivity index (χ4n) is 2.21. The van der Waals surface area contributed by atoms with Gasteiger partial charge in [-0.2, -0.15) is 5.10 Å². The number of hydrogen-bond acceptors (Lipinski definition) is 5. The van der Waals surface area contributed by atoms with E-state index < -0.39 is 10.9 Å². The first-order valence-electron chi connectivity index (χ1n) is 6.68. The van der Waals surface area contributed by atoms with Crippen molar-refractivity contribution in [2.45, 2.75) is 0 Å². The molecule has 7 heteroatoms. The lowest BCUT2D eigenvalue weighted by molar-refractivity contribution is -0.384. The van der Waals surface area contributed by atoms with Crippen LogP contribution >= 0.6 is 0 Å². The molecule has 3 rings (SSSR count). The Morgan fingerprint density at radius 1 is 1.04 bits per heavy atom. The van der Waals surface area contributed by atoms with Crippen LogP contribution in [0.4, 0.5) is 5.69 Å². The van der Waals surface area contributed by atoms with Gasteiger partial charge in [0.1, 0.15) is 0 Å². The lowest BCUT2D eigenvalue weighted by Gasteiger charge is -2.07. The highest BCUT2D eigenvalue weighted by Gasteiger charge is 2.14. The summed E-state index contributed by atoms with van der Waals surface area (Å²) in [5.74, 6) is -1.41. The predicted molar refractivity (Wildman–Crippen MR) is 80.0 cm³/mol. The van der Waals surface area contributed by atoms with E-state index in [4.69, 9.17) is 0 Å². The summed E-state index contributed by atoms with van der Waals surface area (Å²) in [7, 11) is 0. The summed E-state index contributed by atoms with van der Waals surface area (Å²) >= 11 is 0. The van der Waals surface area contributed by atoms with Gasteiger partial charge in [0.05, 0.1) is 28.0 Å². The average Bonchev–Trinajstić information content (AvgIpc) is 3.01. The summed E-state index contributed by atoms with van der Waals surface area (Å²) in [6.07, 6.45) is 0. The molecule has 0 saturated carbocycles. The van der Waals surface area contributed by atoms with Crippen LogP contribution in [0.1, 0.15) is 10.5 Å². The zero-order valence-electron chi connectivity index (χ0n) is 11.7. The fourth-order valence-corrected chi connectivity index (χ4v) is 2.21. The van der Waals surface area contributed by atoms with Crippen molar-refractivity contribution in [3.05, 3.63) is 76.5 Å². The number of nitro benzene ring substituents is 1. The highest BCUT2D eigenvalue weighted by Crippen LogP contribution is 2.23. The van der Waals surface area contributed by atoms with E-state index >= 15 is 0 Å². The van der Waals surface area contributed by atoms with Gasteiger partial charge in [-0.05, 0) is 12.1 Å². The van der Waals surface area contributed by atoms with Crippen molar-refractivity contribution in [3.63, 3.8) is 0 Å². The van der Waals surface area contributed by atoms with Crippen LogP contribution in [-0.4, -0.2) is 20.7 Å². The summed E-state index contributed by atoms with van der Waals surface area (Å²) in [5.41, 5.74) is 1.13. The minimum absolute atomic E-state index is 0.149. The standard InChI is InChI=1S/C16H11N3O4/c20-16(21)15-10-14(11-5-2-1-3-6-11)17-18(15)12-7-4-8-13(9-12)19(22)23/h1-10H,(H,20,21)/p-1. The van der Waals surface area contributed by atoms with Gasteiger partial charge in [0.15, 0.2) is 0 Å². The number of carbonyl (C=O) groups is 1. The number of aromatic nitrogens is 2. The zero-order chi connectivity index (χ0) is 16.4. The second-order valence-electron chi connectivity index (χ2n) is 4.76. The number of benzene rings is 2. The molecule has 3 aromatic rings. The number of aromatic carboxylic acids is 1. The van der Waals surface area contributed by atoms with Crippen LogP contribution in [-0.2, 0) is 0 Å². The Balaban J connectivity index is 2.15.